The second-order valence-electron chi connectivity index (χ2n) is 27.2. The largest absolute Gasteiger partial charge is 0.493 e. The third kappa shape index (κ3) is 17.4. The number of quaternary nitrogens is 1. The maximum atomic E-state index is 14.6. The number of anilines is 2. The van der Waals surface area contributed by atoms with E-state index in [1.807, 2.05) is 0 Å². The van der Waals surface area contributed by atoms with Crippen LogP contribution in [0.3, 0.4) is 0 Å². The Bertz CT molecular complexity index is 4190. The van der Waals surface area contributed by atoms with Crippen molar-refractivity contribution in [3.8, 4) is 34.5 Å². The van der Waals surface area contributed by atoms with Crippen LogP contribution in [0.15, 0.2) is 108 Å². The molecule has 4 fully saturated rings. The molecule has 38 nitrogen and oxygen atoms in total. The number of methoxy groups -OCH3 is 3. The number of aliphatic hydroxyl groups is 9. The molecule has 0 spiro atoms. The summed E-state index contributed by atoms with van der Waals surface area (Å²) in [5.74, 6) is -6.08. The van der Waals surface area contributed by atoms with E-state index in [4.69, 9.17) is 52.1 Å². The van der Waals surface area contributed by atoms with Gasteiger partial charge in [0.25, 0.3) is 23.6 Å². The number of amides is 5. The molecular formula is C72H88N9O29+. The van der Waals surface area contributed by atoms with E-state index in [1.165, 1.54) is 91.8 Å². The number of hydrogen-bond acceptors (Lipinski definition) is 30. The van der Waals surface area contributed by atoms with Gasteiger partial charge < -0.3 is 129 Å². The van der Waals surface area contributed by atoms with E-state index < -0.39 is 147 Å². The number of nitrogens with one attached hydrogen (secondary N) is 2. The quantitative estimate of drug-likeness (QED) is 0.0140. The van der Waals surface area contributed by atoms with Crippen LogP contribution in [0.25, 0.3) is 0 Å². The van der Waals surface area contributed by atoms with Crippen molar-refractivity contribution in [3.05, 3.63) is 131 Å². The van der Waals surface area contributed by atoms with Gasteiger partial charge in [-0.3, -0.25) is 24.1 Å². The fraction of sp³-hybridized carbons (Fsp3) is 0.486. The Hall–Kier alpha value is -10.2. The van der Waals surface area contributed by atoms with Crippen LogP contribution in [-0.2, 0) is 46.5 Å². The Balaban J connectivity index is 0.769. The summed E-state index contributed by atoms with van der Waals surface area (Å²) in [5, 5.41) is 132. The number of aliphatic hydroxyl groups excluding tert-OH is 9. The molecule has 13 N–H and O–H groups in total. The fourth-order valence-corrected chi connectivity index (χ4v) is 13.6. The average molecular weight is 1540 g/mol. The lowest BCUT2D eigenvalue weighted by atomic mass is 9.99. The van der Waals surface area contributed by atoms with Crippen molar-refractivity contribution in [3.63, 3.8) is 0 Å². The summed E-state index contributed by atoms with van der Waals surface area (Å²) in [6, 6.07) is 11.5. The lowest BCUT2D eigenvalue weighted by Crippen LogP contribution is -2.61. The lowest BCUT2D eigenvalue weighted by molar-refractivity contribution is -0.867. The summed E-state index contributed by atoms with van der Waals surface area (Å²) < 4.78 is 63.3. The Morgan fingerprint density at radius 1 is 0.600 bits per heavy atom. The Kier molecular flexibility index (Phi) is 25.6. The van der Waals surface area contributed by atoms with E-state index in [0.717, 1.165) is 9.80 Å². The fourth-order valence-electron chi connectivity index (χ4n) is 13.6. The van der Waals surface area contributed by atoms with E-state index in [-0.39, 0.29) is 143 Å². The molecule has 11 rings (SSSR count). The normalized spacial score (nSPS) is 27.1. The molecule has 110 heavy (non-hydrogen) atoms. The number of carboxylic acids is 2. The number of carbonyl (C=O) groups is 7. The van der Waals surface area contributed by atoms with Gasteiger partial charge in [0.05, 0.1) is 93.4 Å². The molecule has 38 heteroatoms. The zero-order valence-electron chi connectivity index (χ0n) is 60.2. The van der Waals surface area contributed by atoms with E-state index in [2.05, 4.69) is 34.1 Å². The van der Waals surface area contributed by atoms with Crippen molar-refractivity contribution in [2.75, 3.05) is 90.7 Å². The first-order valence-electron chi connectivity index (χ1n) is 35.0. The van der Waals surface area contributed by atoms with Crippen molar-refractivity contribution >= 4 is 53.0 Å². The standard InChI is InChI=1S/C72H87N9O29/c1-35-23-45-65(92)79(71(98)105-33-37-11-13-47(107-69-57(86)53(82)55(84)59(109-69)67(94)95)41(25-37)61(88)73-15-10-18-81(3)19-16-75-76-81)43-29-51(49(101-5)27-39(43)63(90)77(45)31-35)103-20-8-7-9-21-104-52-30-44-40(28-50(52)102-6)64(91)78-32-36(2)24-46(78)66(93)80(44)72(99)106-34-38-12-14-48(42(26-38)62(89)74-17-22-100-4)108-70-58(87)54(83)56(85)60(110-70)68(96)97/h11-14,16,19,25-30,45-46,53-60,65-66,69-71,82-87,92-93,98H,1-2,7-10,15,17-18,20-24,31-34H2,3-6H3,(H3-,73,74,88,89,94,95,96,97)/p+1/t45-,46-,53-,54-,55-,56-,57+,58+,59-,60-,65?,66?,69+,70+,71?,81?/m0/s1. The van der Waals surface area contributed by atoms with Crippen molar-refractivity contribution in [2.24, 2.45) is 10.3 Å². The first kappa shape index (κ1) is 80.8. The van der Waals surface area contributed by atoms with Gasteiger partial charge in [-0.05, 0) is 79.6 Å². The molecular weight excluding hydrogens is 1450 g/mol. The van der Waals surface area contributed by atoms with E-state index in [0.29, 0.717) is 43.4 Å². The summed E-state index contributed by atoms with van der Waals surface area (Å²) in [7, 11) is 5.92. The van der Waals surface area contributed by atoms with Gasteiger partial charge in [-0.2, -0.15) is 4.59 Å². The van der Waals surface area contributed by atoms with Crippen LogP contribution in [-0.4, -0.2) is 286 Å². The van der Waals surface area contributed by atoms with Gasteiger partial charge in [-0.1, -0.05) is 36.4 Å². The van der Waals surface area contributed by atoms with Gasteiger partial charge in [0, 0.05) is 57.1 Å². The number of ether oxygens (including phenoxy) is 11. The van der Waals surface area contributed by atoms with Crippen LogP contribution in [0.4, 0.5) is 16.2 Å². The summed E-state index contributed by atoms with van der Waals surface area (Å²) >= 11 is 0. The third-order valence-electron chi connectivity index (χ3n) is 19.5. The van der Waals surface area contributed by atoms with Gasteiger partial charge in [0.15, 0.2) is 47.7 Å². The highest BCUT2D eigenvalue weighted by Crippen LogP contribution is 2.45. The molecule has 0 bridgehead atoms. The molecule has 0 aromatic heterocycles. The van der Waals surface area contributed by atoms with Crippen LogP contribution in [0, 0.1) is 0 Å². The predicted molar refractivity (Wildman–Crippen MR) is 375 cm³/mol. The molecule has 0 saturated carbocycles. The highest BCUT2D eigenvalue weighted by atomic mass is 16.7. The van der Waals surface area contributed by atoms with E-state index >= 15 is 0 Å². The number of aliphatic carboxylic acids is 2. The van der Waals surface area contributed by atoms with Crippen LogP contribution in [0.5, 0.6) is 34.5 Å². The van der Waals surface area contributed by atoms with Crippen molar-refractivity contribution in [2.45, 2.75) is 144 Å². The molecule has 4 aromatic rings. The number of nitrogens with zero attached hydrogens (tertiary/aromatic N) is 7. The molecule has 4 saturated heterocycles. The highest BCUT2D eigenvalue weighted by molar-refractivity contribution is 6.06. The molecule has 7 aliphatic rings. The van der Waals surface area contributed by atoms with Gasteiger partial charge in [-0.15, -0.1) is 5.11 Å². The second-order valence-corrected chi connectivity index (χ2v) is 27.2. The van der Waals surface area contributed by atoms with Gasteiger partial charge in [0.1, 0.15) is 73.7 Å². The minimum Gasteiger partial charge on any atom is -0.493 e. The summed E-state index contributed by atoms with van der Waals surface area (Å²) in [6.07, 6.45) is -21.2. The number of benzene rings is 4. The molecule has 0 aliphatic carbocycles. The van der Waals surface area contributed by atoms with E-state index in [9.17, 15) is 89.7 Å². The van der Waals surface area contributed by atoms with Crippen molar-refractivity contribution in [1.82, 2.24) is 20.4 Å². The minimum atomic E-state index is -2.03. The van der Waals surface area contributed by atoms with Crippen LogP contribution in [0.1, 0.15) is 91.1 Å². The van der Waals surface area contributed by atoms with E-state index in [1.54, 1.807) is 19.4 Å². The first-order valence-corrected chi connectivity index (χ1v) is 35.0. The minimum absolute atomic E-state index is 0.00463. The number of carboxylic acid groups (broad SMARTS) is 2. The Morgan fingerprint density at radius 2 is 1.10 bits per heavy atom. The maximum Gasteiger partial charge on any atom is 0.416 e. The van der Waals surface area contributed by atoms with Crippen molar-refractivity contribution < 1.29 is 146 Å². The number of fused-ring (bicyclic) bond motifs is 4. The third-order valence-corrected chi connectivity index (χ3v) is 19.5. The van der Waals surface area contributed by atoms with Gasteiger partial charge in [0.2, 0.25) is 19.0 Å². The van der Waals surface area contributed by atoms with Crippen LogP contribution >= 0.6 is 0 Å². The predicted octanol–water partition coefficient (Wildman–Crippen LogP) is 0.316. The Labute approximate surface area is 628 Å². The number of unbranched alkanes of at least 4 members (excludes halogenated alkanes) is 2. The second kappa shape index (κ2) is 34.8. The average Bonchev–Trinajstić information content (AvgIpc) is 1.59. The lowest BCUT2D eigenvalue weighted by Gasteiger charge is -2.38. The molecule has 0 radical (unpaired) electrons. The van der Waals surface area contributed by atoms with Crippen molar-refractivity contribution in [1.29, 1.82) is 0 Å². The van der Waals surface area contributed by atoms with Gasteiger partial charge >= 0.3 is 18.0 Å². The monoisotopic (exact) mass is 1540 g/mol. The molecule has 4 unspecified atom stereocenters. The molecule has 7 heterocycles. The smallest absolute Gasteiger partial charge is 0.416 e. The molecule has 16 atom stereocenters. The van der Waals surface area contributed by atoms with Gasteiger partial charge in [-0.25, -0.2) is 19.3 Å². The molecule has 5 amide bonds. The first-order chi connectivity index (χ1) is 52.5. The zero-order valence-corrected chi connectivity index (χ0v) is 60.2. The molecule has 594 valence electrons. The van der Waals surface area contributed by atoms with Crippen LogP contribution < -0.4 is 48.9 Å². The summed E-state index contributed by atoms with van der Waals surface area (Å²) in [4.78, 5) is 99.7. The summed E-state index contributed by atoms with van der Waals surface area (Å²) in [6.45, 7) is 7.90. The molecule has 4 aromatic carbocycles. The Morgan fingerprint density at radius 3 is 1.60 bits per heavy atom. The molecule has 7 aliphatic heterocycles. The number of carbonyl (C=O) groups excluding carboxylic acids is 5. The topological polar surface area (TPSA) is 505 Å². The number of rotatable bonds is 31. The zero-order chi connectivity index (χ0) is 79.2. The highest BCUT2D eigenvalue weighted by Gasteiger charge is 2.52. The SMILES string of the molecule is C=C1C[C@H]2C(O)N(C(=O)OCc3ccc(O[C@@H]4O[C@H](C(=O)O)[C@@H](O)[C@H](O)[C@H]4O)c(C(=O)NCCOC)c3)c3cc(OCCCCCOc4cc5c(cc4OC)C(=O)N4CC(=C)C[C@H]4C(O)N5C(O)OCc4ccc(O[C@@H]5O[C@H](C(=O)O)[C@@H](O)[C@H](O)[C@H]5O)c(C(=O)NCCC[N+]5(C)C=CN=N5)c4)c(OC)cc3C(=O)N2C1. The summed E-state index contributed by atoms with van der Waals surface area (Å²) in [5.41, 5.74) is 0.991. The van der Waals surface area contributed by atoms with Crippen LogP contribution in [0.2, 0.25) is 0 Å². The maximum absolute atomic E-state index is 14.6. The number of hydrogen-bond donors (Lipinski definition) is 13.